The SMILES string of the molecule is CCO[SiH](OCC)C1C=CC=CC1. The van der Waals surface area contributed by atoms with Gasteiger partial charge in [0.1, 0.15) is 0 Å². The van der Waals surface area contributed by atoms with Crippen molar-refractivity contribution in [3.63, 3.8) is 0 Å². The van der Waals surface area contributed by atoms with Crippen LogP contribution in [-0.4, -0.2) is 22.5 Å². The van der Waals surface area contributed by atoms with Crippen LogP contribution >= 0.6 is 0 Å². The van der Waals surface area contributed by atoms with Gasteiger partial charge in [0.2, 0.25) is 0 Å². The molecule has 1 atom stereocenters. The standard InChI is InChI=1S/C10H18O2Si/c1-3-11-13(12-4-2)10-8-6-5-7-9-10/h5-8,10,13H,3-4,9H2,1-2H3. The monoisotopic (exact) mass is 198 g/mol. The molecule has 0 aromatic rings. The molecule has 0 radical (unpaired) electrons. The zero-order valence-electron chi connectivity index (χ0n) is 8.40. The highest BCUT2D eigenvalue weighted by Gasteiger charge is 2.22. The quantitative estimate of drug-likeness (QED) is 0.630. The van der Waals surface area contributed by atoms with Crippen molar-refractivity contribution in [2.45, 2.75) is 25.8 Å². The van der Waals surface area contributed by atoms with Crippen molar-refractivity contribution in [3.05, 3.63) is 24.3 Å². The van der Waals surface area contributed by atoms with Gasteiger partial charge in [0.05, 0.1) is 0 Å². The Morgan fingerprint density at radius 1 is 1.23 bits per heavy atom. The summed E-state index contributed by atoms with van der Waals surface area (Å²) >= 11 is 0. The Kier molecular flexibility index (Phi) is 5.04. The van der Waals surface area contributed by atoms with Gasteiger partial charge in [0.25, 0.3) is 0 Å². The first-order valence-corrected chi connectivity index (χ1v) is 6.56. The highest BCUT2D eigenvalue weighted by Crippen LogP contribution is 2.22. The molecular formula is C10H18O2Si. The van der Waals surface area contributed by atoms with Crippen molar-refractivity contribution in [1.29, 1.82) is 0 Å². The topological polar surface area (TPSA) is 18.5 Å². The van der Waals surface area contributed by atoms with Gasteiger partial charge in [0.15, 0.2) is 0 Å². The molecule has 0 aliphatic heterocycles. The molecule has 0 aromatic carbocycles. The van der Waals surface area contributed by atoms with Crippen LogP contribution in [0, 0.1) is 0 Å². The largest absolute Gasteiger partial charge is 0.396 e. The van der Waals surface area contributed by atoms with E-state index in [4.69, 9.17) is 8.85 Å². The summed E-state index contributed by atoms with van der Waals surface area (Å²) in [6.07, 6.45) is 9.64. The minimum atomic E-state index is -1.45. The molecule has 0 fully saturated rings. The molecule has 0 bridgehead atoms. The molecule has 0 saturated carbocycles. The third-order valence-corrected chi connectivity index (χ3v) is 4.54. The Morgan fingerprint density at radius 3 is 2.38 bits per heavy atom. The Bertz CT molecular complexity index is 183. The summed E-state index contributed by atoms with van der Waals surface area (Å²) in [5.74, 6) is 0. The lowest BCUT2D eigenvalue weighted by atomic mass is 10.2. The van der Waals surface area contributed by atoms with Crippen LogP contribution in [0.1, 0.15) is 20.3 Å². The van der Waals surface area contributed by atoms with E-state index < -0.39 is 9.28 Å². The van der Waals surface area contributed by atoms with E-state index in [1.54, 1.807) is 0 Å². The molecule has 0 amide bonds. The van der Waals surface area contributed by atoms with Crippen LogP contribution in [0.3, 0.4) is 0 Å². The van der Waals surface area contributed by atoms with Crippen molar-refractivity contribution >= 4 is 9.28 Å². The summed E-state index contributed by atoms with van der Waals surface area (Å²) in [5, 5.41) is 0. The molecular weight excluding hydrogens is 180 g/mol. The van der Waals surface area contributed by atoms with Crippen LogP contribution in [0.25, 0.3) is 0 Å². The molecule has 0 aromatic heterocycles. The summed E-state index contributed by atoms with van der Waals surface area (Å²) in [4.78, 5) is 0. The summed E-state index contributed by atoms with van der Waals surface area (Å²) in [7, 11) is -1.45. The van der Waals surface area contributed by atoms with Gasteiger partial charge < -0.3 is 8.85 Å². The summed E-state index contributed by atoms with van der Waals surface area (Å²) in [5.41, 5.74) is 0.518. The van der Waals surface area contributed by atoms with E-state index in [0.717, 1.165) is 19.6 Å². The van der Waals surface area contributed by atoms with Crippen LogP contribution in [0.2, 0.25) is 5.54 Å². The molecule has 1 aliphatic rings. The second-order valence-corrected chi connectivity index (χ2v) is 5.25. The van der Waals surface area contributed by atoms with Crippen LogP contribution in [-0.2, 0) is 8.85 Å². The molecule has 1 rings (SSSR count). The lowest BCUT2D eigenvalue weighted by Gasteiger charge is -2.22. The average Bonchev–Trinajstić information content (AvgIpc) is 2.19. The first kappa shape index (κ1) is 10.7. The van der Waals surface area contributed by atoms with Crippen LogP contribution in [0.15, 0.2) is 24.3 Å². The van der Waals surface area contributed by atoms with Gasteiger partial charge in [-0.2, -0.15) is 0 Å². The first-order valence-electron chi connectivity index (χ1n) is 4.95. The maximum Gasteiger partial charge on any atom is 0.328 e. The second-order valence-electron chi connectivity index (χ2n) is 2.99. The lowest BCUT2D eigenvalue weighted by Crippen LogP contribution is -2.28. The third-order valence-electron chi connectivity index (χ3n) is 2.03. The molecule has 3 heteroatoms. The Labute approximate surface area is 82.1 Å². The van der Waals surface area contributed by atoms with Crippen molar-refractivity contribution in [3.8, 4) is 0 Å². The van der Waals surface area contributed by atoms with E-state index in [-0.39, 0.29) is 0 Å². The molecule has 1 unspecified atom stereocenters. The van der Waals surface area contributed by atoms with Gasteiger partial charge in [-0.15, -0.1) is 0 Å². The van der Waals surface area contributed by atoms with Gasteiger partial charge in [-0.3, -0.25) is 0 Å². The fourth-order valence-electron chi connectivity index (χ4n) is 1.43. The number of hydrogen-bond acceptors (Lipinski definition) is 2. The fourth-order valence-corrected chi connectivity index (χ4v) is 3.36. The minimum absolute atomic E-state index is 0.518. The van der Waals surface area contributed by atoms with E-state index >= 15 is 0 Å². The number of allylic oxidation sites excluding steroid dienone is 4. The average molecular weight is 198 g/mol. The molecule has 1 aliphatic carbocycles. The zero-order valence-corrected chi connectivity index (χ0v) is 9.56. The minimum Gasteiger partial charge on any atom is -0.396 e. The van der Waals surface area contributed by atoms with Crippen LogP contribution in [0.5, 0.6) is 0 Å². The lowest BCUT2D eigenvalue weighted by molar-refractivity contribution is 0.208. The van der Waals surface area contributed by atoms with Crippen molar-refractivity contribution < 1.29 is 8.85 Å². The maximum atomic E-state index is 5.65. The summed E-state index contributed by atoms with van der Waals surface area (Å²) in [6.45, 7) is 5.60. The van der Waals surface area contributed by atoms with Crippen molar-refractivity contribution in [2.75, 3.05) is 13.2 Å². The fraction of sp³-hybridized carbons (Fsp3) is 0.600. The predicted octanol–water partition coefficient (Wildman–Crippen LogP) is 2.17. The molecule has 0 N–H and O–H groups in total. The Morgan fingerprint density at radius 2 is 1.92 bits per heavy atom. The molecule has 74 valence electrons. The van der Waals surface area contributed by atoms with E-state index in [1.165, 1.54) is 0 Å². The van der Waals surface area contributed by atoms with E-state index in [9.17, 15) is 0 Å². The van der Waals surface area contributed by atoms with E-state index in [0.29, 0.717) is 5.54 Å². The van der Waals surface area contributed by atoms with Gasteiger partial charge in [-0.05, 0) is 20.3 Å². The molecule has 0 saturated heterocycles. The zero-order chi connectivity index (χ0) is 9.52. The summed E-state index contributed by atoms with van der Waals surface area (Å²) in [6, 6.07) is 0. The molecule has 13 heavy (non-hydrogen) atoms. The third kappa shape index (κ3) is 3.46. The maximum absolute atomic E-state index is 5.65. The van der Waals surface area contributed by atoms with Crippen molar-refractivity contribution in [1.82, 2.24) is 0 Å². The normalized spacial score (nSPS) is 21.3. The molecule has 0 spiro atoms. The predicted molar refractivity (Wildman–Crippen MR) is 57.0 cm³/mol. The second kappa shape index (κ2) is 6.13. The molecule has 0 heterocycles. The van der Waals surface area contributed by atoms with Crippen LogP contribution in [0.4, 0.5) is 0 Å². The Balaban J connectivity index is 2.43. The highest BCUT2D eigenvalue weighted by atomic mass is 28.3. The van der Waals surface area contributed by atoms with E-state index in [2.05, 4.69) is 24.3 Å². The smallest absolute Gasteiger partial charge is 0.328 e. The van der Waals surface area contributed by atoms with Gasteiger partial charge in [-0.1, -0.05) is 24.3 Å². The number of hydrogen-bond donors (Lipinski definition) is 0. The van der Waals surface area contributed by atoms with E-state index in [1.807, 2.05) is 13.8 Å². The van der Waals surface area contributed by atoms with Crippen molar-refractivity contribution in [2.24, 2.45) is 0 Å². The summed E-state index contributed by atoms with van der Waals surface area (Å²) < 4.78 is 11.3. The van der Waals surface area contributed by atoms with Gasteiger partial charge >= 0.3 is 9.28 Å². The van der Waals surface area contributed by atoms with Gasteiger partial charge in [-0.25, -0.2) is 0 Å². The highest BCUT2D eigenvalue weighted by molar-refractivity contribution is 6.47. The van der Waals surface area contributed by atoms with Gasteiger partial charge in [0, 0.05) is 18.8 Å². The number of rotatable bonds is 5. The molecule has 2 nitrogen and oxygen atoms in total. The Hall–Kier alpha value is -0.383. The van der Waals surface area contributed by atoms with Crippen LogP contribution < -0.4 is 0 Å². The first-order chi connectivity index (χ1) is 6.38.